The van der Waals surface area contributed by atoms with Crippen molar-refractivity contribution < 1.29 is 14.3 Å². The van der Waals surface area contributed by atoms with E-state index in [1.54, 1.807) is 0 Å². The molecule has 18 heavy (non-hydrogen) atoms. The largest absolute Gasteiger partial charge is 0.479 e. The number of amides is 1. The van der Waals surface area contributed by atoms with Crippen molar-refractivity contribution in [3.63, 3.8) is 0 Å². The SMILES string of the molecule is COc1ncnc(OC)c1NC(=O)C1CCCC1. The molecular weight excluding hydrogens is 234 g/mol. The molecule has 0 radical (unpaired) electrons. The van der Waals surface area contributed by atoms with Crippen LogP contribution in [0.15, 0.2) is 6.33 Å². The summed E-state index contributed by atoms with van der Waals surface area (Å²) in [5.41, 5.74) is 0.402. The number of methoxy groups -OCH3 is 2. The predicted molar refractivity (Wildman–Crippen MR) is 65.7 cm³/mol. The van der Waals surface area contributed by atoms with Gasteiger partial charge < -0.3 is 14.8 Å². The minimum Gasteiger partial charge on any atom is -0.479 e. The molecule has 6 nitrogen and oxygen atoms in total. The summed E-state index contributed by atoms with van der Waals surface area (Å²) < 4.78 is 10.2. The number of ether oxygens (including phenoxy) is 2. The summed E-state index contributed by atoms with van der Waals surface area (Å²) in [6.07, 6.45) is 5.42. The molecule has 0 atom stereocenters. The lowest BCUT2D eigenvalue weighted by Gasteiger charge is -2.14. The Morgan fingerprint density at radius 2 is 1.78 bits per heavy atom. The van der Waals surface area contributed by atoms with Gasteiger partial charge in [-0.25, -0.2) is 0 Å². The minimum atomic E-state index is -0.0149. The molecular formula is C12H17N3O3. The fourth-order valence-corrected chi connectivity index (χ4v) is 2.18. The molecule has 0 unspecified atom stereocenters. The van der Waals surface area contributed by atoms with Crippen molar-refractivity contribution in [2.75, 3.05) is 19.5 Å². The molecule has 2 rings (SSSR count). The van der Waals surface area contributed by atoms with Crippen LogP contribution in [-0.2, 0) is 4.79 Å². The molecule has 1 aromatic heterocycles. The van der Waals surface area contributed by atoms with Gasteiger partial charge in [0.2, 0.25) is 17.7 Å². The van der Waals surface area contributed by atoms with E-state index in [0.717, 1.165) is 25.7 Å². The molecule has 98 valence electrons. The van der Waals surface area contributed by atoms with Crippen molar-refractivity contribution in [3.8, 4) is 11.8 Å². The minimum absolute atomic E-state index is 0.0149. The van der Waals surface area contributed by atoms with E-state index in [-0.39, 0.29) is 11.8 Å². The Morgan fingerprint density at radius 1 is 1.22 bits per heavy atom. The zero-order valence-electron chi connectivity index (χ0n) is 10.6. The highest BCUT2D eigenvalue weighted by atomic mass is 16.5. The number of rotatable bonds is 4. The number of carbonyl (C=O) groups is 1. The predicted octanol–water partition coefficient (Wildman–Crippen LogP) is 1.62. The fraction of sp³-hybridized carbons (Fsp3) is 0.583. The Morgan fingerprint density at radius 3 is 2.28 bits per heavy atom. The van der Waals surface area contributed by atoms with Gasteiger partial charge in [-0.1, -0.05) is 12.8 Å². The van der Waals surface area contributed by atoms with Crippen LogP contribution in [0.5, 0.6) is 11.8 Å². The zero-order chi connectivity index (χ0) is 13.0. The Balaban J connectivity index is 2.18. The third kappa shape index (κ3) is 2.52. The zero-order valence-corrected chi connectivity index (χ0v) is 10.6. The molecule has 1 saturated carbocycles. The topological polar surface area (TPSA) is 73.3 Å². The monoisotopic (exact) mass is 251 g/mol. The number of nitrogens with zero attached hydrogens (tertiary/aromatic N) is 2. The van der Waals surface area contributed by atoms with Crippen molar-refractivity contribution in [1.29, 1.82) is 0 Å². The molecule has 1 aliphatic carbocycles. The maximum absolute atomic E-state index is 12.1. The molecule has 6 heteroatoms. The lowest BCUT2D eigenvalue weighted by atomic mass is 10.1. The number of aromatic nitrogens is 2. The van der Waals surface area contributed by atoms with E-state index < -0.39 is 0 Å². The van der Waals surface area contributed by atoms with Gasteiger partial charge in [0.1, 0.15) is 6.33 Å². The standard InChI is InChI=1S/C12H17N3O3/c1-17-11-9(12(18-2)14-7-13-11)15-10(16)8-5-3-4-6-8/h7-8H,3-6H2,1-2H3,(H,15,16). The Labute approximate surface area is 106 Å². The summed E-state index contributed by atoms with van der Waals surface area (Å²) in [7, 11) is 2.99. The Kier molecular flexibility index (Phi) is 3.96. The fourth-order valence-electron chi connectivity index (χ4n) is 2.18. The molecule has 1 N–H and O–H groups in total. The van der Waals surface area contributed by atoms with Gasteiger partial charge in [0, 0.05) is 5.92 Å². The van der Waals surface area contributed by atoms with Crippen LogP contribution in [0.1, 0.15) is 25.7 Å². The third-order valence-electron chi connectivity index (χ3n) is 3.14. The van der Waals surface area contributed by atoms with E-state index in [1.807, 2.05) is 0 Å². The molecule has 1 aliphatic rings. The number of carbonyl (C=O) groups excluding carboxylic acids is 1. The van der Waals surface area contributed by atoms with Crippen LogP contribution in [-0.4, -0.2) is 30.1 Å². The second-order valence-electron chi connectivity index (χ2n) is 4.24. The Bertz CT molecular complexity index is 408. The first-order valence-electron chi connectivity index (χ1n) is 6.00. The van der Waals surface area contributed by atoms with Crippen LogP contribution in [0.25, 0.3) is 0 Å². The van der Waals surface area contributed by atoms with Crippen LogP contribution in [0.2, 0.25) is 0 Å². The molecule has 1 amide bonds. The molecule has 1 aromatic rings. The summed E-state index contributed by atoms with van der Waals surface area (Å²) in [6, 6.07) is 0. The lowest BCUT2D eigenvalue weighted by molar-refractivity contribution is -0.119. The van der Waals surface area contributed by atoms with Crippen molar-refractivity contribution in [2.24, 2.45) is 5.92 Å². The molecule has 0 bridgehead atoms. The van der Waals surface area contributed by atoms with Crippen molar-refractivity contribution in [2.45, 2.75) is 25.7 Å². The van der Waals surface area contributed by atoms with Gasteiger partial charge in [-0.2, -0.15) is 9.97 Å². The van der Waals surface area contributed by atoms with E-state index in [9.17, 15) is 4.79 Å². The first kappa shape index (κ1) is 12.6. The van der Waals surface area contributed by atoms with Gasteiger partial charge in [0.15, 0.2) is 5.69 Å². The molecule has 1 fully saturated rings. The van der Waals surface area contributed by atoms with Crippen LogP contribution < -0.4 is 14.8 Å². The maximum Gasteiger partial charge on any atom is 0.244 e. The highest BCUT2D eigenvalue weighted by Crippen LogP contribution is 2.32. The number of hydrogen-bond donors (Lipinski definition) is 1. The first-order valence-corrected chi connectivity index (χ1v) is 6.00. The van der Waals surface area contributed by atoms with E-state index >= 15 is 0 Å². The van der Waals surface area contributed by atoms with Gasteiger partial charge in [-0.15, -0.1) is 0 Å². The average Bonchev–Trinajstić information content (AvgIpc) is 2.93. The van der Waals surface area contributed by atoms with E-state index in [2.05, 4.69) is 15.3 Å². The highest BCUT2D eigenvalue weighted by Gasteiger charge is 2.25. The maximum atomic E-state index is 12.1. The van der Waals surface area contributed by atoms with Gasteiger partial charge in [-0.05, 0) is 12.8 Å². The summed E-state index contributed by atoms with van der Waals surface area (Å²) in [5, 5.41) is 2.81. The number of anilines is 1. The lowest BCUT2D eigenvalue weighted by Crippen LogP contribution is -2.21. The van der Waals surface area contributed by atoms with Gasteiger partial charge in [0.05, 0.1) is 14.2 Å². The van der Waals surface area contributed by atoms with Gasteiger partial charge in [-0.3, -0.25) is 4.79 Å². The van der Waals surface area contributed by atoms with E-state index in [4.69, 9.17) is 9.47 Å². The molecule has 0 aliphatic heterocycles. The van der Waals surface area contributed by atoms with E-state index in [0.29, 0.717) is 17.4 Å². The summed E-state index contributed by atoms with van der Waals surface area (Å²) in [5.74, 6) is 0.680. The van der Waals surface area contributed by atoms with Crippen molar-refractivity contribution >= 4 is 11.6 Å². The van der Waals surface area contributed by atoms with Crippen molar-refractivity contribution in [3.05, 3.63) is 6.33 Å². The third-order valence-corrected chi connectivity index (χ3v) is 3.14. The second-order valence-corrected chi connectivity index (χ2v) is 4.24. The Hall–Kier alpha value is -1.85. The summed E-state index contributed by atoms with van der Waals surface area (Å²) in [6.45, 7) is 0. The van der Waals surface area contributed by atoms with Gasteiger partial charge >= 0.3 is 0 Å². The van der Waals surface area contributed by atoms with Crippen LogP contribution in [0.3, 0.4) is 0 Å². The molecule has 1 heterocycles. The van der Waals surface area contributed by atoms with Gasteiger partial charge in [0.25, 0.3) is 0 Å². The van der Waals surface area contributed by atoms with Crippen LogP contribution in [0.4, 0.5) is 5.69 Å². The molecule has 0 aromatic carbocycles. The normalized spacial score (nSPS) is 15.4. The van der Waals surface area contributed by atoms with Crippen molar-refractivity contribution in [1.82, 2.24) is 9.97 Å². The molecule has 0 saturated heterocycles. The number of hydrogen-bond acceptors (Lipinski definition) is 5. The second kappa shape index (κ2) is 5.66. The van der Waals surface area contributed by atoms with Crippen LogP contribution in [0, 0.1) is 5.92 Å². The summed E-state index contributed by atoms with van der Waals surface area (Å²) >= 11 is 0. The summed E-state index contributed by atoms with van der Waals surface area (Å²) in [4.78, 5) is 20.0. The smallest absolute Gasteiger partial charge is 0.244 e. The van der Waals surface area contributed by atoms with Crippen LogP contribution >= 0.6 is 0 Å². The van der Waals surface area contributed by atoms with E-state index in [1.165, 1.54) is 20.5 Å². The molecule has 0 spiro atoms. The quantitative estimate of drug-likeness (QED) is 0.880. The highest BCUT2D eigenvalue weighted by molar-refractivity contribution is 5.95. The average molecular weight is 251 g/mol. The first-order chi connectivity index (χ1) is 8.76. The number of nitrogens with one attached hydrogen (secondary N) is 1.